The van der Waals surface area contributed by atoms with Crippen LogP contribution in [0.4, 0.5) is 5.69 Å². The fraction of sp³-hybridized carbons (Fsp3) is 0.500. The van der Waals surface area contributed by atoms with E-state index in [0.29, 0.717) is 13.0 Å². The van der Waals surface area contributed by atoms with Gasteiger partial charge in [0.2, 0.25) is 5.91 Å². The van der Waals surface area contributed by atoms with Gasteiger partial charge in [0.05, 0.1) is 0 Å². The number of carbonyl (C=O) groups excluding carboxylic acids is 1. The van der Waals surface area contributed by atoms with E-state index < -0.39 is 11.9 Å². The van der Waals surface area contributed by atoms with Crippen LogP contribution in [0, 0.1) is 5.41 Å². The molecule has 0 aromatic heterocycles. The van der Waals surface area contributed by atoms with Gasteiger partial charge in [-0.25, -0.2) is 0 Å². The molecule has 1 aliphatic carbocycles. The van der Waals surface area contributed by atoms with Crippen molar-refractivity contribution < 1.29 is 14.7 Å². The molecule has 21 heavy (non-hydrogen) atoms. The highest BCUT2D eigenvalue weighted by atomic mass is 16.4. The molecular weight excluding hydrogens is 268 g/mol. The normalized spacial score (nSPS) is 22.5. The van der Waals surface area contributed by atoms with Gasteiger partial charge in [-0.05, 0) is 36.4 Å². The summed E-state index contributed by atoms with van der Waals surface area (Å²) in [5.41, 5.74) is 7.23. The van der Waals surface area contributed by atoms with Crippen LogP contribution < -0.4 is 10.6 Å². The number of benzene rings is 1. The molecule has 3 N–H and O–H groups in total. The number of amides is 1. The maximum Gasteiger partial charge on any atom is 0.312 e. The Hall–Kier alpha value is -1.88. The van der Waals surface area contributed by atoms with E-state index in [1.807, 2.05) is 18.2 Å². The summed E-state index contributed by atoms with van der Waals surface area (Å²) in [5.74, 6) is -1.51. The lowest BCUT2D eigenvalue weighted by Gasteiger charge is -2.41. The van der Waals surface area contributed by atoms with Crippen molar-refractivity contribution in [2.75, 3.05) is 18.0 Å². The Kier molecular flexibility index (Phi) is 3.45. The van der Waals surface area contributed by atoms with Crippen molar-refractivity contribution in [3.63, 3.8) is 0 Å². The largest absolute Gasteiger partial charge is 0.481 e. The highest BCUT2D eigenvalue weighted by Crippen LogP contribution is 2.45. The number of aliphatic carboxylic acids is 1. The molecule has 1 aromatic rings. The van der Waals surface area contributed by atoms with Crippen LogP contribution in [0.25, 0.3) is 0 Å². The zero-order valence-electron chi connectivity index (χ0n) is 11.9. The first kappa shape index (κ1) is 14.1. The fourth-order valence-corrected chi connectivity index (χ4v) is 3.40. The van der Waals surface area contributed by atoms with E-state index in [1.165, 1.54) is 0 Å². The smallest absolute Gasteiger partial charge is 0.312 e. The summed E-state index contributed by atoms with van der Waals surface area (Å²) in [5, 5.41) is 9.34. The third-order valence-electron chi connectivity index (χ3n) is 4.94. The Morgan fingerprint density at radius 3 is 2.62 bits per heavy atom. The number of rotatable bonds is 4. The predicted molar refractivity (Wildman–Crippen MR) is 79.1 cm³/mol. The molecular formula is C16H20N2O3. The van der Waals surface area contributed by atoms with Gasteiger partial charge in [-0.1, -0.05) is 24.6 Å². The summed E-state index contributed by atoms with van der Waals surface area (Å²) in [6, 6.07) is 7.27. The Morgan fingerprint density at radius 2 is 2.05 bits per heavy atom. The summed E-state index contributed by atoms with van der Waals surface area (Å²) < 4.78 is 0. The van der Waals surface area contributed by atoms with Crippen molar-refractivity contribution >= 4 is 17.6 Å². The standard InChI is InChI=1S/C16H20N2O3/c17-10-16(6-3-7-16)8-14(19)18-9-12(15(20)21)11-4-1-2-5-13(11)18/h1-2,4-5,12H,3,6-10,17H2,(H,20,21). The van der Waals surface area contributed by atoms with Crippen LogP contribution in [0.3, 0.4) is 0 Å². The zero-order chi connectivity index (χ0) is 15.0. The number of carbonyl (C=O) groups is 2. The minimum atomic E-state index is -0.880. The molecule has 0 spiro atoms. The molecule has 5 nitrogen and oxygen atoms in total. The molecule has 0 radical (unpaired) electrons. The third-order valence-corrected chi connectivity index (χ3v) is 4.94. The van der Waals surface area contributed by atoms with E-state index in [4.69, 9.17) is 5.73 Å². The molecule has 1 atom stereocenters. The average molecular weight is 288 g/mol. The number of nitrogens with zero attached hydrogens (tertiary/aromatic N) is 1. The average Bonchev–Trinajstić information content (AvgIpc) is 2.82. The Labute approximate surface area is 123 Å². The molecule has 2 aliphatic rings. The molecule has 1 amide bonds. The van der Waals surface area contributed by atoms with Crippen LogP contribution in [0.2, 0.25) is 0 Å². The van der Waals surface area contributed by atoms with E-state index in [-0.39, 0.29) is 17.9 Å². The van der Waals surface area contributed by atoms with E-state index >= 15 is 0 Å². The SMILES string of the molecule is NCC1(CC(=O)N2CC(C(=O)O)c3ccccc32)CCC1. The summed E-state index contributed by atoms with van der Waals surface area (Å²) in [7, 11) is 0. The maximum atomic E-state index is 12.6. The third kappa shape index (κ3) is 2.31. The highest BCUT2D eigenvalue weighted by molar-refractivity contribution is 5.99. The minimum absolute atomic E-state index is 0.00338. The second kappa shape index (κ2) is 5.15. The number of nitrogens with two attached hydrogens (primary N) is 1. The second-order valence-electron chi connectivity index (χ2n) is 6.19. The zero-order valence-corrected chi connectivity index (χ0v) is 11.9. The number of hydrogen-bond donors (Lipinski definition) is 2. The molecule has 0 saturated heterocycles. The van der Waals surface area contributed by atoms with Gasteiger partial charge in [-0.2, -0.15) is 0 Å². The van der Waals surface area contributed by atoms with E-state index in [1.54, 1.807) is 11.0 Å². The maximum absolute atomic E-state index is 12.6. The Bertz CT molecular complexity index is 575. The molecule has 0 bridgehead atoms. The monoisotopic (exact) mass is 288 g/mol. The topological polar surface area (TPSA) is 83.6 Å². The van der Waals surface area contributed by atoms with Gasteiger partial charge < -0.3 is 15.7 Å². The molecule has 3 rings (SSSR count). The number of fused-ring (bicyclic) bond motifs is 1. The Balaban J connectivity index is 1.83. The van der Waals surface area contributed by atoms with Gasteiger partial charge in [0.15, 0.2) is 0 Å². The van der Waals surface area contributed by atoms with Gasteiger partial charge in [0, 0.05) is 18.7 Å². The van der Waals surface area contributed by atoms with Crippen LogP contribution in [0.1, 0.15) is 37.2 Å². The first-order valence-corrected chi connectivity index (χ1v) is 7.38. The van der Waals surface area contributed by atoms with Crippen molar-refractivity contribution in [1.29, 1.82) is 0 Å². The molecule has 1 heterocycles. The van der Waals surface area contributed by atoms with Crippen LogP contribution >= 0.6 is 0 Å². The predicted octanol–water partition coefficient (Wildman–Crippen LogP) is 1.72. The number of carboxylic acids is 1. The minimum Gasteiger partial charge on any atom is -0.481 e. The molecule has 1 aromatic carbocycles. The summed E-state index contributed by atoms with van der Waals surface area (Å²) in [6.07, 6.45) is 3.53. The lowest BCUT2D eigenvalue weighted by atomic mass is 9.66. The lowest BCUT2D eigenvalue weighted by molar-refractivity contribution is -0.138. The van der Waals surface area contributed by atoms with E-state index in [2.05, 4.69) is 0 Å². The van der Waals surface area contributed by atoms with Crippen molar-refractivity contribution in [2.45, 2.75) is 31.6 Å². The van der Waals surface area contributed by atoms with E-state index in [0.717, 1.165) is 30.5 Å². The molecule has 1 fully saturated rings. The molecule has 1 saturated carbocycles. The van der Waals surface area contributed by atoms with Crippen LogP contribution in [-0.4, -0.2) is 30.1 Å². The Morgan fingerprint density at radius 1 is 1.33 bits per heavy atom. The van der Waals surface area contributed by atoms with Gasteiger partial charge >= 0.3 is 5.97 Å². The number of hydrogen-bond acceptors (Lipinski definition) is 3. The summed E-state index contributed by atoms with van der Waals surface area (Å²) >= 11 is 0. The first-order chi connectivity index (χ1) is 10.1. The van der Waals surface area contributed by atoms with Crippen molar-refractivity contribution in [1.82, 2.24) is 0 Å². The number of para-hydroxylation sites is 1. The van der Waals surface area contributed by atoms with E-state index in [9.17, 15) is 14.7 Å². The van der Waals surface area contributed by atoms with Gasteiger partial charge in [-0.15, -0.1) is 0 Å². The van der Waals surface area contributed by atoms with Crippen molar-refractivity contribution in [2.24, 2.45) is 11.1 Å². The summed E-state index contributed by atoms with van der Waals surface area (Å²) in [6.45, 7) is 0.755. The van der Waals surface area contributed by atoms with Crippen LogP contribution in [0.15, 0.2) is 24.3 Å². The molecule has 1 unspecified atom stereocenters. The molecule has 5 heteroatoms. The number of anilines is 1. The first-order valence-electron chi connectivity index (χ1n) is 7.38. The molecule has 1 aliphatic heterocycles. The number of carboxylic acid groups (broad SMARTS) is 1. The molecule has 112 valence electrons. The van der Waals surface area contributed by atoms with Gasteiger partial charge in [-0.3, -0.25) is 9.59 Å². The highest BCUT2D eigenvalue weighted by Gasteiger charge is 2.42. The van der Waals surface area contributed by atoms with Crippen LogP contribution in [-0.2, 0) is 9.59 Å². The van der Waals surface area contributed by atoms with Crippen molar-refractivity contribution in [3.05, 3.63) is 29.8 Å². The van der Waals surface area contributed by atoms with Crippen LogP contribution in [0.5, 0.6) is 0 Å². The lowest BCUT2D eigenvalue weighted by Crippen LogP contribution is -2.43. The second-order valence-corrected chi connectivity index (χ2v) is 6.19. The quantitative estimate of drug-likeness (QED) is 0.883. The fourth-order valence-electron chi connectivity index (χ4n) is 3.40. The van der Waals surface area contributed by atoms with Gasteiger partial charge in [0.25, 0.3) is 0 Å². The van der Waals surface area contributed by atoms with Crippen molar-refractivity contribution in [3.8, 4) is 0 Å². The van der Waals surface area contributed by atoms with Gasteiger partial charge in [0.1, 0.15) is 5.92 Å². The summed E-state index contributed by atoms with van der Waals surface area (Å²) in [4.78, 5) is 25.6.